The van der Waals surface area contributed by atoms with Crippen molar-refractivity contribution >= 4 is 5.97 Å². The Hall–Kier alpha value is -1.82. The van der Waals surface area contributed by atoms with Gasteiger partial charge in [0.25, 0.3) is 0 Å². The predicted molar refractivity (Wildman–Crippen MR) is 49.7 cm³/mol. The predicted octanol–water partition coefficient (Wildman–Crippen LogP) is 0.556. The maximum atomic E-state index is 11.2. The molecule has 1 N–H and O–H groups in total. The zero-order valence-electron chi connectivity index (χ0n) is 8.39. The van der Waals surface area contributed by atoms with Crippen molar-refractivity contribution in [3.8, 4) is 11.5 Å². The van der Waals surface area contributed by atoms with Crippen LogP contribution < -0.4 is 4.74 Å². The Balaban J connectivity index is 2.97. The fourth-order valence-corrected chi connectivity index (χ4v) is 0.917. The molecule has 1 rings (SSSR count). The first-order chi connectivity index (χ1) is 7.19. The van der Waals surface area contributed by atoms with Gasteiger partial charge in [0.05, 0.1) is 13.3 Å². The molecular formula is C9H11NO5. The highest BCUT2D eigenvalue weighted by Gasteiger charge is 2.15. The molecule has 0 aromatic carbocycles. The minimum Gasteiger partial charge on any atom is -0.506 e. The summed E-state index contributed by atoms with van der Waals surface area (Å²) in [4.78, 5) is 14.9. The topological polar surface area (TPSA) is 77.9 Å². The number of nitrogens with zero attached hydrogens (tertiary/aromatic N) is 1. The summed E-state index contributed by atoms with van der Waals surface area (Å²) in [5.74, 6) is -0.626. The molecule has 0 saturated heterocycles. The fraction of sp³-hybridized carbons (Fsp3) is 0.333. The molecule has 0 radical (unpaired) electrons. The van der Waals surface area contributed by atoms with Gasteiger partial charge in [-0.3, -0.25) is 0 Å². The number of aromatic hydroxyl groups is 1. The monoisotopic (exact) mass is 213 g/mol. The van der Waals surface area contributed by atoms with Crippen molar-refractivity contribution in [1.82, 2.24) is 4.98 Å². The quantitative estimate of drug-likeness (QED) is 0.581. The van der Waals surface area contributed by atoms with Crippen LogP contribution in [0.4, 0.5) is 0 Å². The van der Waals surface area contributed by atoms with E-state index in [1.165, 1.54) is 20.3 Å². The molecule has 1 heterocycles. The number of carbonyl (C=O) groups excluding carboxylic acids is 1. The van der Waals surface area contributed by atoms with Crippen molar-refractivity contribution in [2.24, 2.45) is 0 Å². The van der Waals surface area contributed by atoms with Crippen molar-refractivity contribution in [1.29, 1.82) is 0 Å². The number of carbonyl (C=O) groups is 1. The maximum Gasteiger partial charge on any atom is 0.360 e. The Morgan fingerprint density at radius 1 is 1.53 bits per heavy atom. The first-order valence-corrected chi connectivity index (χ1v) is 4.08. The van der Waals surface area contributed by atoms with Crippen LogP contribution in [0.3, 0.4) is 0 Å². The fourth-order valence-electron chi connectivity index (χ4n) is 0.917. The molecule has 6 nitrogen and oxygen atoms in total. The lowest BCUT2D eigenvalue weighted by atomic mass is 10.3. The van der Waals surface area contributed by atoms with E-state index in [1.807, 2.05) is 0 Å². The third-order valence-corrected chi connectivity index (χ3v) is 1.55. The van der Waals surface area contributed by atoms with Crippen molar-refractivity contribution in [3.05, 3.63) is 18.0 Å². The standard InChI is InChI=1S/C9H11NO5/c1-13-5-15-7-3-6(11)4-10-8(7)9(12)14-2/h3-4,11H,5H2,1-2H3. The number of hydrogen-bond donors (Lipinski definition) is 1. The number of esters is 1. The zero-order valence-corrected chi connectivity index (χ0v) is 8.39. The summed E-state index contributed by atoms with van der Waals surface area (Å²) >= 11 is 0. The lowest BCUT2D eigenvalue weighted by Crippen LogP contribution is -2.09. The molecule has 82 valence electrons. The van der Waals surface area contributed by atoms with Gasteiger partial charge < -0.3 is 19.3 Å². The minimum atomic E-state index is -0.638. The molecule has 0 spiro atoms. The van der Waals surface area contributed by atoms with E-state index in [4.69, 9.17) is 9.84 Å². The molecule has 0 fully saturated rings. The lowest BCUT2D eigenvalue weighted by Gasteiger charge is -2.08. The Morgan fingerprint density at radius 3 is 2.87 bits per heavy atom. The third-order valence-electron chi connectivity index (χ3n) is 1.55. The molecule has 0 aliphatic rings. The van der Waals surface area contributed by atoms with Gasteiger partial charge in [-0.1, -0.05) is 0 Å². The molecule has 1 aromatic heterocycles. The van der Waals surface area contributed by atoms with Crippen LogP contribution in [0, 0.1) is 0 Å². The molecule has 15 heavy (non-hydrogen) atoms. The molecule has 0 aliphatic heterocycles. The van der Waals surface area contributed by atoms with Gasteiger partial charge in [0.2, 0.25) is 0 Å². The summed E-state index contributed by atoms with van der Waals surface area (Å²) in [5, 5.41) is 9.16. The smallest absolute Gasteiger partial charge is 0.360 e. The van der Waals surface area contributed by atoms with Crippen LogP contribution in [0.2, 0.25) is 0 Å². The third kappa shape index (κ3) is 2.81. The lowest BCUT2D eigenvalue weighted by molar-refractivity contribution is 0.0456. The molecule has 0 saturated carbocycles. The maximum absolute atomic E-state index is 11.2. The Kier molecular flexibility index (Phi) is 3.87. The highest BCUT2D eigenvalue weighted by Crippen LogP contribution is 2.22. The summed E-state index contributed by atoms with van der Waals surface area (Å²) in [5.41, 5.74) is -0.00708. The van der Waals surface area contributed by atoms with Crippen molar-refractivity contribution in [3.63, 3.8) is 0 Å². The summed E-state index contributed by atoms with van der Waals surface area (Å²) < 4.78 is 14.2. The van der Waals surface area contributed by atoms with Crippen LogP contribution in [0.5, 0.6) is 11.5 Å². The normalized spacial score (nSPS) is 9.73. The van der Waals surface area contributed by atoms with Gasteiger partial charge in [0.15, 0.2) is 18.2 Å². The van der Waals surface area contributed by atoms with Gasteiger partial charge in [-0.05, 0) is 0 Å². The summed E-state index contributed by atoms with van der Waals surface area (Å²) in [6.07, 6.45) is 1.13. The Morgan fingerprint density at radius 2 is 2.27 bits per heavy atom. The average molecular weight is 213 g/mol. The van der Waals surface area contributed by atoms with Gasteiger partial charge in [0, 0.05) is 13.2 Å². The van der Waals surface area contributed by atoms with Crippen LogP contribution in [0.1, 0.15) is 10.5 Å². The van der Waals surface area contributed by atoms with E-state index >= 15 is 0 Å². The van der Waals surface area contributed by atoms with Gasteiger partial charge in [-0.15, -0.1) is 0 Å². The minimum absolute atomic E-state index is 0.00708. The van der Waals surface area contributed by atoms with E-state index in [0.29, 0.717) is 0 Å². The molecule has 6 heteroatoms. The van der Waals surface area contributed by atoms with Crippen molar-refractivity contribution < 1.29 is 24.1 Å². The van der Waals surface area contributed by atoms with Gasteiger partial charge in [-0.2, -0.15) is 0 Å². The van der Waals surface area contributed by atoms with Gasteiger partial charge >= 0.3 is 5.97 Å². The highest BCUT2D eigenvalue weighted by atomic mass is 16.7. The van der Waals surface area contributed by atoms with E-state index in [2.05, 4.69) is 14.5 Å². The molecule has 0 bridgehead atoms. The second kappa shape index (κ2) is 5.16. The van der Waals surface area contributed by atoms with Crippen LogP contribution in [-0.2, 0) is 9.47 Å². The van der Waals surface area contributed by atoms with Crippen molar-refractivity contribution in [2.75, 3.05) is 21.0 Å². The molecule has 0 unspecified atom stereocenters. The van der Waals surface area contributed by atoms with Crippen LogP contribution >= 0.6 is 0 Å². The molecule has 0 atom stereocenters. The van der Waals surface area contributed by atoms with Gasteiger partial charge in [-0.25, -0.2) is 9.78 Å². The zero-order chi connectivity index (χ0) is 11.3. The number of ether oxygens (including phenoxy) is 3. The van der Waals surface area contributed by atoms with E-state index in [9.17, 15) is 4.79 Å². The molecule has 0 amide bonds. The first-order valence-electron chi connectivity index (χ1n) is 4.08. The van der Waals surface area contributed by atoms with Crippen LogP contribution in [0.25, 0.3) is 0 Å². The largest absolute Gasteiger partial charge is 0.506 e. The SMILES string of the molecule is COCOc1cc(O)cnc1C(=O)OC. The van der Waals surface area contributed by atoms with E-state index in [-0.39, 0.29) is 24.0 Å². The molecule has 0 aliphatic carbocycles. The highest BCUT2D eigenvalue weighted by molar-refractivity contribution is 5.90. The van der Waals surface area contributed by atoms with E-state index in [0.717, 1.165) is 6.20 Å². The molecular weight excluding hydrogens is 202 g/mol. The number of hydrogen-bond acceptors (Lipinski definition) is 6. The summed E-state index contributed by atoms with van der Waals surface area (Å²) in [7, 11) is 2.67. The van der Waals surface area contributed by atoms with Crippen molar-refractivity contribution in [2.45, 2.75) is 0 Å². The first kappa shape index (κ1) is 11.3. The number of methoxy groups -OCH3 is 2. The van der Waals surface area contributed by atoms with Crippen LogP contribution in [-0.4, -0.2) is 37.1 Å². The Bertz CT molecular complexity index is 352. The van der Waals surface area contributed by atoms with E-state index < -0.39 is 5.97 Å². The number of aromatic nitrogens is 1. The Labute approximate surface area is 86.4 Å². The van der Waals surface area contributed by atoms with Crippen LogP contribution in [0.15, 0.2) is 12.3 Å². The van der Waals surface area contributed by atoms with Gasteiger partial charge in [0.1, 0.15) is 5.75 Å². The summed E-state index contributed by atoms with van der Waals surface area (Å²) in [6.45, 7) is -0.0465. The van der Waals surface area contributed by atoms with E-state index in [1.54, 1.807) is 0 Å². The number of pyridine rings is 1. The molecule has 1 aromatic rings. The second-order valence-corrected chi connectivity index (χ2v) is 2.58. The average Bonchev–Trinajstić information content (AvgIpc) is 2.25. The summed E-state index contributed by atoms with van der Waals surface area (Å²) in [6, 6.07) is 1.26. The number of rotatable bonds is 4. The second-order valence-electron chi connectivity index (χ2n) is 2.58.